The second-order valence-electron chi connectivity index (χ2n) is 10.6. The van der Waals surface area contributed by atoms with Crippen molar-refractivity contribution in [3.8, 4) is 0 Å². The minimum Gasteiger partial charge on any atom is -0.343 e. The summed E-state index contributed by atoms with van der Waals surface area (Å²) in [6.07, 6.45) is 1.44. The Balaban J connectivity index is 1.20. The predicted octanol–water partition coefficient (Wildman–Crippen LogP) is 2.99. The summed E-state index contributed by atoms with van der Waals surface area (Å²) in [4.78, 5) is 33.4. The standard InChI is InChI=1S/C27H27F4N7O2/c28-18-10-21(37(12-18)23(39)13-38-22(11-32-35-38)36-14-27(30,31)15-36)26(40)34-24(17-4-2-1-3-5-17)20-9-8-19(16-6-7-16)25(29)33-20/h1-5,8-9,11,16,18,21,24H,6-7,10,12-15H2,(H,34,40)/t18-,21+,24+/m1/s1. The molecule has 2 amide bonds. The average Bonchev–Trinajstić information content (AvgIpc) is 3.52. The smallest absolute Gasteiger partial charge is 0.282 e. The zero-order valence-corrected chi connectivity index (χ0v) is 21.4. The molecule has 4 heterocycles. The maximum absolute atomic E-state index is 14.8. The number of alkyl halides is 3. The number of carbonyl (C=O) groups is 2. The number of amides is 2. The molecule has 1 saturated carbocycles. The van der Waals surface area contributed by atoms with Gasteiger partial charge in [0.05, 0.1) is 37.6 Å². The number of nitrogens with one attached hydrogen (secondary N) is 1. The molecular weight excluding hydrogens is 530 g/mol. The molecule has 2 saturated heterocycles. The molecule has 6 rings (SSSR count). The monoisotopic (exact) mass is 557 g/mol. The van der Waals surface area contributed by atoms with Crippen molar-refractivity contribution in [2.24, 2.45) is 0 Å². The lowest BCUT2D eigenvalue weighted by molar-refractivity contribution is -0.139. The Hall–Kier alpha value is -4.03. The minimum atomic E-state index is -2.83. The van der Waals surface area contributed by atoms with Gasteiger partial charge in [-0.2, -0.15) is 4.39 Å². The van der Waals surface area contributed by atoms with Crippen LogP contribution in [0.2, 0.25) is 0 Å². The van der Waals surface area contributed by atoms with Crippen LogP contribution in [0.15, 0.2) is 48.7 Å². The summed E-state index contributed by atoms with van der Waals surface area (Å²) >= 11 is 0. The lowest BCUT2D eigenvalue weighted by atomic mass is 10.0. The van der Waals surface area contributed by atoms with E-state index >= 15 is 0 Å². The Kier molecular flexibility index (Phi) is 6.67. The highest BCUT2D eigenvalue weighted by Gasteiger charge is 2.46. The van der Waals surface area contributed by atoms with Crippen LogP contribution in [0, 0.1) is 5.95 Å². The lowest BCUT2D eigenvalue weighted by Crippen LogP contribution is -2.57. The fraction of sp³-hybridized carbons (Fsp3) is 0.444. The number of anilines is 1. The summed E-state index contributed by atoms with van der Waals surface area (Å²) in [5.41, 5.74) is 1.48. The van der Waals surface area contributed by atoms with Gasteiger partial charge in [-0.05, 0) is 30.4 Å². The second-order valence-corrected chi connectivity index (χ2v) is 10.6. The van der Waals surface area contributed by atoms with Gasteiger partial charge in [-0.15, -0.1) is 5.10 Å². The molecule has 40 heavy (non-hydrogen) atoms. The fourth-order valence-corrected chi connectivity index (χ4v) is 5.34. The molecule has 0 spiro atoms. The van der Waals surface area contributed by atoms with Crippen LogP contribution in [-0.2, 0) is 16.1 Å². The molecule has 3 aliphatic rings. The summed E-state index contributed by atoms with van der Waals surface area (Å²) in [7, 11) is 0. The highest BCUT2D eigenvalue weighted by Crippen LogP contribution is 2.41. The van der Waals surface area contributed by atoms with Crippen molar-refractivity contribution in [2.45, 2.75) is 55.9 Å². The summed E-state index contributed by atoms with van der Waals surface area (Å²) < 4.78 is 57.3. The Bertz CT molecular complexity index is 1410. The van der Waals surface area contributed by atoms with Crippen molar-refractivity contribution in [3.63, 3.8) is 0 Å². The van der Waals surface area contributed by atoms with Crippen molar-refractivity contribution in [1.82, 2.24) is 30.2 Å². The van der Waals surface area contributed by atoms with Crippen molar-refractivity contribution < 1.29 is 27.2 Å². The Morgan fingerprint density at radius 2 is 1.85 bits per heavy atom. The normalized spacial score (nSPS) is 22.6. The molecule has 0 bridgehead atoms. The Morgan fingerprint density at radius 1 is 1.10 bits per heavy atom. The number of benzene rings is 1. The topological polar surface area (TPSA) is 96.2 Å². The van der Waals surface area contributed by atoms with E-state index < -0.39 is 61.6 Å². The molecule has 9 nitrogen and oxygen atoms in total. The van der Waals surface area contributed by atoms with E-state index in [1.807, 2.05) is 0 Å². The van der Waals surface area contributed by atoms with E-state index in [1.54, 1.807) is 42.5 Å². The average molecular weight is 558 g/mol. The first kappa shape index (κ1) is 26.2. The molecule has 210 valence electrons. The summed E-state index contributed by atoms with van der Waals surface area (Å²) in [6, 6.07) is 10.3. The van der Waals surface area contributed by atoms with Gasteiger partial charge >= 0.3 is 0 Å². The maximum atomic E-state index is 14.8. The van der Waals surface area contributed by atoms with Gasteiger partial charge in [0.15, 0.2) is 0 Å². The first-order chi connectivity index (χ1) is 19.2. The third kappa shape index (κ3) is 5.24. The highest BCUT2D eigenvalue weighted by atomic mass is 19.3. The largest absolute Gasteiger partial charge is 0.343 e. The predicted molar refractivity (Wildman–Crippen MR) is 135 cm³/mol. The number of carbonyl (C=O) groups excluding carboxylic acids is 2. The Morgan fingerprint density at radius 3 is 2.52 bits per heavy atom. The summed E-state index contributed by atoms with van der Waals surface area (Å²) in [5.74, 6) is -4.23. The molecular formula is C27H27F4N7O2. The van der Waals surface area contributed by atoms with Crippen LogP contribution in [0.1, 0.15) is 48.0 Å². The number of likely N-dealkylation sites (tertiary alicyclic amines) is 1. The molecule has 2 aliphatic heterocycles. The number of rotatable bonds is 8. The van der Waals surface area contributed by atoms with E-state index in [2.05, 4.69) is 20.6 Å². The van der Waals surface area contributed by atoms with Crippen LogP contribution in [-0.4, -0.2) is 74.5 Å². The van der Waals surface area contributed by atoms with Gasteiger partial charge in [-0.3, -0.25) is 9.59 Å². The van der Waals surface area contributed by atoms with Gasteiger partial charge in [-0.25, -0.2) is 22.8 Å². The van der Waals surface area contributed by atoms with Gasteiger partial charge in [0, 0.05) is 12.0 Å². The van der Waals surface area contributed by atoms with Gasteiger partial charge in [0.1, 0.15) is 24.6 Å². The van der Waals surface area contributed by atoms with Crippen molar-refractivity contribution >= 4 is 17.6 Å². The second kappa shape index (κ2) is 10.2. The number of hydrogen-bond acceptors (Lipinski definition) is 6. The first-order valence-electron chi connectivity index (χ1n) is 13.1. The van der Waals surface area contributed by atoms with Crippen LogP contribution in [0.5, 0.6) is 0 Å². The van der Waals surface area contributed by atoms with Gasteiger partial charge in [0.25, 0.3) is 5.92 Å². The van der Waals surface area contributed by atoms with E-state index in [0.29, 0.717) is 11.1 Å². The molecule has 1 aliphatic carbocycles. The van der Waals surface area contributed by atoms with Crippen molar-refractivity contribution in [2.75, 3.05) is 24.5 Å². The van der Waals surface area contributed by atoms with Gasteiger partial charge in [-0.1, -0.05) is 41.6 Å². The van der Waals surface area contributed by atoms with Gasteiger partial charge < -0.3 is 15.1 Å². The Labute approximate surface area is 227 Å². The van der Waals surface area contributed by atoms with E-state index in [9.17, 15) is 27.2 Å². The number of pyridine rings is 1. The van der Waals surface area contributed by atoms with Gasteiger partial charge in [0.2, 0.25) is 17.8 Å². The molecule has 3 atom stereocenters. The van der Waals surface area contributed by atoms with Crippen molar-refractivity contribution in [3.05, 3.63) is 71.4 Å². The van der Waals surface area contributed by atoms with Crippen LogP contribution in [0.4, 0.5) is 23.4 Å². The van der Waals surface area contributed by atoms with E-state index in [-0.39, 0.29) is 30.4 Å². The van der Waals surface area contributed by atoms with Crippen LogP contribution in [0.3, 0.4) is 0 Å². The first-order valence-corrected chi connectivity index (χ1v) is 13.1. The quantitative estimate of drug-likeness (QED) is 0.338. The molecule has 3 aromatic rings. The SMILES string of the molecule is O=C(N[C@@H](c1ccccc1)c1ccc(C2CC2)c(F)n1)[C@@H]1C[C@@H](F)CN1C(=O)Cn1nncc1N1CC(F)(F)C1. The molecule has 0 radical (unpaired) electrons. The zero-order chi connectivity index (χ0) is 28.0. The number of nitrogens with zero attached hydrogens (tertiary/aromatic N) is 6. The number of aromatic nitrogens is 4. The molecule has 2 aromatic heterocycles. The van der Waals surface area contributed by atoms with E-state index in [4.69, 9.17) is 0 Å². The third-order valence-corrected chi connectivity index (χ3v) is 7.56. The van der Waals surface area contributed by atoms with E-state index in [0.717, 1.165) is 17.7 Å². The summed E-state index contributed by atoms with van der Waals surface area (Å²) in [5, 5.41) is 10.4. The van der Waals surface area contributed by atoms with Crippen LogP contribution >= 0.6 is 0 Å². The number of halogens is 4. The number of hydrogen-bond donors (Lipinski definition) is 1. The summed E-state index contributed by atoms with van der Waals surface area (Å²) in [6.45, 7) is -1.74. The van der Waals surface area contributed by atoms with Crippen molar-refractivity contribution in [1.29, 1.82) is 0 Å². The minimum absolute atomic E-state index is 0.161. The maximum Gasteiger partial charge on any atom is 0.282 e. The molecule has 1 N–H and O–H groups in total. The fourth-order valence-electron chi connectivity index (χ4n) is 5.34. The molecule has 3 fully saturated rings. The molecule has 13 heteroatoms. The van der Waals surface area contributed by atoms with Crippen LogP contribution < -0.4 is 10.2 Å². The lowest BCUT2D eigenvalue weighted by Gasteiger charge is -2.39. The molecule has 0 unspecified atom stereocenters. The molecule has 1 aromatic carbocycles. The third-order valence-electron chi connectivity index (χ3n) is 7.56. The highest BCUT2D eigenvalue weighted by molar-refractivity contribution is 5.89. The van der Waals surface area contributed by atoms with E-state index in [1.165, 1.54) is 15.8 Å². The van der Waals surface area contributed by atoms with Crippen LogP contribution in [0.25, 0.3) is 0 Å². The zero-order valence-electron chi connectivity index (χ0n) is 21.4.